The van der Waals surface area contributed by atoms with Crippen molar-refractivity contribution in [2.45, 2.75) is 11.8 Å². The van der Waals surface area contributed by atoms with Gasteiger partial charge in [0, 0.05) is 17.1 Å². The third-order valence-corrected chi connectivity index (χ3v) is 6.33. The van der Waals surface area contributed by atoms with E-state index >= 15 is 0 Å². The molecule has 142 valence electrons. The summed E-state index contributed by atoms with van der Waals surface area (Å²) in [5, 5.41) is 0.764. The van der Waals surface area contributed by atoms with Crippen molar-refractivity contribution in [3.63, 3.8) is 0 Å². The van der Waals surface area contributed by atoms with Crippen LogP contribution in [-0.2, 0) is 10.0 Å². The molecule has 0 atom stereocenters. The highest BCUT2D eigenvalue weighted by Gasteiger charge is 2.23. The molecule has 0 amide bonds. The molecule has 0 spiro atoms. The summed E-state index contributed by atoms with van der Waals surface area (Å²) in [6.45, 7) is 1.91. The number of benzene rings is 2. The number of aryl methyl sites for hydroxylation is 1. The van der Waals surface area contributed by atoms with Crippen LogP contribution < -0.4 is 4.74 Å². The lowest BCUT2D eigenvalue weighted by Crippen LogP contribution is -2.11. The molecule has 4 aromatic rings. The Morgan fingerprint density at radius 2 is 1.79 bits per heavy atom. The van der Waals surface area contributed by atoms with Gasteiger partial charge in [0.1, 0.15) is 5.69 Å². The largest absolute Gasteiger partial charge is 0.493 e. The average molecular weight is 414 g/mol. The monoisotopic (exact) mass is 413 g/mol. The predicted octanol–water partition coefficient (Wildman–Crippen LogP) is 4.31. The zero-order chi connectivity index (χ0) is 19.9. The van der Waals surface area contributed by atoms with E-state index in [0.29, 0.717) is 27.9 Å². The van der Waals surface area contributed by atoms with Crippen LogP contribution in [0.2, 0.25) is 5.28 Å². The summed E-state index contributed by atoms with van der Waals surface area (Å²) in [5.74, 6) is 0.403. The second-order valence-electron chi connectivity index (χ2n) is 6.23. The zero-order valence-corrected chi connectivity index (χ0v) is 16.7. The molecule has 0 aliphatic carbocycles. The number of rotatable bonds is 4. The molecule has 0 bridgehead atoms. The predicted molar refractivity (Wildman–Crippen MR) is 108 cm³/mol. The molecule has 8 heteroatoms. The number of methoxy groups -OCH3 is 1. The van der Waals surface area contributed by atoms with E-state index in [1.807, 2.05) is 19.1 Å². The zero-order valence-electron chi connectivity index (χ0n) is 15.1. The van der Waals surface area contributed by atoms with E-state index in [2.05, 4.69) is 9.97 Å². The van der Waals surface area contributed by atoms with Gasteiger partial charge in [-0.25, -0.2) is 22.4 Å². The Hall–Kier alpha value is -2.90. The smallest absolute Gasteiger partial charge is 0.268 e. The lowest BCUT2D eigenvalue weighted by Gasteiger charge is -2.08. The highest BCUT2D eigenvalue weighted by molar-refractivity contribution is 7.90. The molecule has 0 aliphatic rings. The number of aromatic nitrogens is 3. The molecular formula is C20H16ClN3O3S. The van der Waals surface area contributed by atoms with Crippen molar-refractivity contribution >= 4 is 32.5 Å². The molecule has 0 aliphatic heterocycles. The van der Waals surface area contributed by atoms with E-state index in [1.54, 1.807) is 42.6 Å². The molecular weight excluding hydrogens is 398 g/mol. The Morgan fingerprint density at radius 1 is 1.07 bits per heavy atom. The van der Waals surface area contributed by atoms with Crippen LogP contribution in [0.5, 0.6) is 5.75 Å². The summed E-state index contributed by atoms with van der Waals surface area (Å²) >= 11 is 5.98. The second-order valence-corrected chi connectivity index (χ2v) is 8.38. The number of para-hydroxylation sites is 1. The molecule has 0 saturated heterocycles. The first-order valence-corrected chi connectivity index (χ1v) is 10.2. The van der Waals surface area contributed by atoms with Crippen LogP contribution in [0.4, 0.5) is 0 Å². The Morgan fingerprint density at radius 3 is 2.50 bits per heavy atom. The number of nitrogens with zero attached hydrogens (tertiary/aromatic N) is 3. The van der Waals surface area contributed by atoms with Crippen LogP contribution in [-0.4, -0.2) is 29.5 Å². The van der Waals surface area contributed by atoms with Gasteiger partial charge >= 0.3 is 0 Å². The maximum absolute atomic E-state index is 13.3. The molecule has 2 aromatic carbocycles. The fourth-order valence-electron chi connectivity index (χ4n) is 3.05. The van der Waals surface area contributed by atoms with Crippen LogP contribution in [0.1, 0.15) is 5.56 Å². The number of hydrogen-bond donors (Lipinski definition) is 0. The van der Waals surface area contributed by atoms with Crippen LogP contribution >= 0.6 is 11.6 Å². The summed E-state index contributed by atoms with van der Waals surface area (Å²) < 4.78 is 33.2. The van der Waals surface area contributed by atoms with Gasteiger partial charge in [0.2, 0.25) is 5.28 Å². The van der Waals surface area contributed by atoms with E-state index in [9.17, 15) is 8.42 Å². The number of halogens is 1. The maximum atomic E-state index is 13.3. The average Bonchev–Trinajstić information content (AvgIpc) is 3.09. The van der Waals surface area contributed by atoms with Gasteiger partial charge in [-0.05, 0) is 36.7 Å². The van der Waals surface area contributed by atoms with Gasteiger partial charge in [-0.1, -0.05) is 35.9 Å². The SMILES string of the molecule is COc1cnc(Cl)nc1-c1cn(S(=O)(=O)c2ccc(C)cc2)c2ccccc12. The molecule has 0 radical (unpaired) electrons. The highest BCUT2D eigenvalue weighted by Crippen LogP contribution is 2.36. The van der Waals surface area contributed by atoms with Crippen LogP contribution in [0.15, 0.2) is 65.8 Å². The molecule has 0 N–H and O–H groups in total. The maximum Gasteiger partial charge on any atom is 0.268 e. The van der Waals surface area contributed by atoms with E-state index in [-0.39, 0.29) is 10.2 Å². The van der Waals surface area contributed by atoms with Gasteiger partial charge in [-0.2, -0.15) is 0 Å². The number of fused-ring (bicyclic) bond motifs is 1. The normalized spacial score (nSPS) is 11.7. The molecule has 28 heavy (non-hydrogen) atoms. The van der Waals surface area contributed by atoms with Gasteiger partial charge in [-0.3, -0.25) is 0 Å². The second kappa shape index (κ2) is 6.92. The molecule has 2 heterocycles. The first-order chi connectivity index (χ1) is 13.4. The Kier molecular flexibility index (Phi) is 4.56. The summed E-state index contributed by atoms with van der Waals surface area (Å²) in [6, 6.07) is 13.9. The minimum absolute atomic E-state index is 0.0500. The van der Waals surface area contributed by atoms with Gasteiger partial charge in [0.25, 0.3) is 10.0 Å². The molecule has 0 fully saturated rings. The van der Waals surface area contributed by atoms with Crippen LogP contribution in [0.3, 0.4) is 0 Å². The Labute approximate surface area is 167 Å². The first kappa shape index (κ1) is 18.5. The number of hydrogen-bond acceptors (Lipinski definition) is 5. The molecule has 4 rings (SSSR count). The lowest BCUT2D eigenvalue weighted by atomic mass is 10.1. The van der Waals surface area contributed by atoms with E-state index < -0.39 is 10.0 Å². The van der Waals surface area contributed by atoms with Crippen molar-refractivity contribution in [2.24, 2.45) is 0 Å². The fourth-order valence-corrected chi connectivity index (χ4v) is 4.56. The summed E-state index contributed by atoms with van der Waals surface area (Å²) in [7, 11) is -2.30. The summed E-state index contributed by atoms with van der Waals surface area (Å²) in [4.78, 5) is 8.40. The van der Waals surface area contributed by atoms with Crippen molar-refractivity contribution < 1.29 is 13.2 Å². The summed E-state index contributed by atoms with van der Waals surface area (Å²) in [6.07, 6.45) is 3.01. The molecule has 0 saturated carbocycles. The summed E-state index contributed by atoms with van der Waals surface area (Å²) in [5.41, 5.74) is 2.54. The first-order valence-electron chi connectivity index (χ1n) is 8.41. The third kappa shape index (κ3) is 3.02. The van der Waals surface area contributed by atoms with E-state index in [4.69, 9.17) is 16.3 Å². The van der Waals surface area contributed by atoms with Gasteiger partial charge in [-0.15, -0.1) is 0 Å². The van der Waals surface area contributed by atoms with Crippen LogP contribution in [0.25, 0.3) is 22.2 Å². The van der Waals surface area contributed by atoms with Gasteiger partial charge in [0.05, 0.1) is 23.7 Å². The minimum Gasteiger partial charge on any atom is -0.493 e. The molecule has 6 nitrogen and oxygen atoms in total. The topological polar surface area (TPSA) is 74.1 Å². The van der Waals surface area contributed by atoms with Crippen molar-refractivity contribution in [2.75, 3.05) is 7.11 Å². The Balaban J connectivity index is 2.01. The quantitative estimate of drug-likeness (QED) is 0.466. The van der Waals surface area contributed by atoms with E-state index in [0.717, 1.165) is 5.56 Å². The standard InChI is InChI=1S/C20H16ClN3O3S/c1-13-7-9-14(10-8-13)28(25,26)24-12-16(15-5-3-4-6-17(15)24)19-18(27-2)11-22-20(21)23-19/h3-12H,1-2H3. The fraction of sp³-hybridized carbons (Fsp3) is 0.100. The van der Waals surface area contributed by atoms with Crippen molar-refractivity contribution in [3.8, 4) is 17.0 Å². The van der Waals surface area contributed by atoms with E-state index in [1.165, 1.54) is 17.3 Å². The molecule has 2 aromatic heterocycles. The highest BCUT2D eigenvalue weighted by atomic mass is 35.5. The lowest BCUT2D eigenvalue weighted by molar-refractivity contribution is 0.412. The van der Waals surface area contributed by atoms with Crippen molar-refractivity contribution in [3.05, 3.63) is 71.8 Å². The van der Waals surface area contributed by atoms with Gasteiger partial charge in [0.15, 0.2) is 5.75 Å². The van der Waals surface area contributed by atoms with Crippen LogP contribution in [0, 0.1) is 6.92 Å². The van der Waals surface area contributed by atoms with Gasteiger partial charge < -0.3 is 4.74 Å². The minimum atomic E-state index is -3.80. The van der Waals surface area contributed by atoms with Crippen molar-refractivity contribution in [1.29, 1.82) is 0 Å². The molecule has 0 unspecified atom stereocenters. The third-order valence-electron chi connectivity index (χ3n) is 4.46. The van der Waals surface area contributed by atoms with Crippen molar-refractivity contribution in [1.82, 2.24) is 13.9 Å². The Bertz CT molecular complexity index is 1280. The number of ether oxygens (including phenoxy) is 1.